The van der Waals surface area contributed by atoms with Gasteiger partial charge in [0, 0.05) is 12.5 Å². The fourth-order valence-electron chi connectivity index (χ4n) is 5.47. The summed E-state index contributed by atoms with van der Waals surface area (Å²) < 4.78 is 38.3. The SMILES string of the molecule is C=C(C)C(=O)OC(C)OC(=O)C(C)[C@]1(CO)O[C@H](OC2[C@@H](CO)O[C@@H](OC3[C@@H](CO)O[C@@H](O)[C@H](N)[C@H]3O)[C@H](N)[C@H]2O)[C@H](N)[C@@H](O)[C@@H]1O. The molecule has 272 valence electrons. The van der Waals surface area contributed by atoms with Crippen molar-refractivity contribution in [2.45, 2.75) is 118 Å². The maximum absolute atomic E-state index is 13.0. The fourth-order valence-corrected chi connectivity index (χ4v) is 5.47. The molecule has 4 unspecified atom stereocenters. The minimum atomic E-state index is -2.32. The second-order valence-electron chi connectivity index (χ2n) is 11.8. The van der Waals surface area contributed by atoms with Crippen LogP contribution in [-0.2, 0) is 42.7 Å². The van der Waals surface area contributed by atoms with Gasteiger partial charge in [-0.2, -0.15) is 0 Å². The van der Waals surface area contributed by atoms with E-state index < -0.39 is 135 Å². The first-order valence-electron chi connectivity index (χ1n) is 14.8. The molecule has 3 rings (SSSR count). The Labute approximate surface area is 269 Å². The van der Waals surface area contributed by atoms with Gasteiger partial charge in [-0.1, -0.05) is 6.58 Å². The van der Waals surface area contributed by atoms with E-state index in [1.807, 2.05) is 0 Å². The summed E-state index contributed by atoms with van der Waals surface area (Å²) in [4.78, 5) is 24.8. The first kappa shape index (κ1) is 39.5. The molecule has 17 atom stereocenters. The largest absolute Gasteiger partial charge is 0.425 e. The number of nitrogens with two attached hydrogens (primary N) is 3. The minimum absolute atomic E-state index is 0.0302. The number of hydrogen-bond donors (Lipinski definition) is 11. The number of esters is 2. The standard InChI is InChI=1S/C27H47N3O17/c1-8(2)22(38)41-10(4)42-23(39)9(3)27(7-33)21(37)18(36)15(30)26(47-27)46-20-12(6-32)44-25(14(29)17(20)35)45-19-11(5-31)43-24(40)13(28)16(19)34/h9-21,24-26,31-37,40H,1,5-7,28-30H2,2-4H3/t9?,10?,11-,12-,13-,14-,15-,16-,17-,18-,19?,20?,21+,24-,25+,26+,27+/m1/s1. The summed E-state index contributed by atoms with van der Waals surface area (Å²) in [6.45, 7) is 4.58. The quantitative estimate of drug-likeness (QED) is 0.0516. The molecule has 3 aliphatic heterocycles. The van der Waals surface area contributed by atoms with Gasteiger partial charge in [-0.3, -0.25) is 4.79 Å². The van der Waals surface area contributed by atoms with E-state index in [-0.39, 0.29) is 5.57 Å². The molecule has 47 heavy (non-hydrogen) atoms. The lowest BCUT2D eigenvalue weighted by Gasteiger charge is -2.52. The van der Waals surface area contributed by atoms with Crippen molar-refractivity contribution in [2.75, 3.05) is 19.8 Å². The molecular formula is C27H47N3O17. The van der Waals surface area contributed by atoms with Crippen LogP contribution in [0.5, 0.6) is 0 Å². The summed E-state index contributed by atoms with van der Waals surface area (Å²) in [5.41, 5.74) is 15.7. The number of rotatable bonds is 12. The van der Waals surface area contributed by atoms with E-state index in [2.05, 4.69) is 6.58 Å². The molecule has 0 aromatic heterocycles. The number of hydrogen-bond acceptors (Lipinski definition) is 20. The number of carbonyl (C=O) groups is 2. The number of ether oxygens (including phenoxy) is 7. The molecule has 0 saturated carbocycles. The first-order chi connectivity index (χ1) is 21.9. The monoisotopic (exact) mass is 685 g/mol. The number of aliphatic hydroxyl groups excluding tert-OH is 8. The third-order valence-electron chi connectivity index (χ3n) is 8.51. The van der Waals surface area contributed by atoms with Crippen molar-refractivity contribution in [2.24, 2.45) is 23.1 Å². The maximum atomic E-state index is 13.0. The normalized spacial score (nSPS) is 43.9. The van der Waals surface area contributed by atoms with Crippen molar-refractivity contribution < 1.29 is 83.6 Å². The third-order valence-corrected chi connectivity index (χ3v) is 8.51. The van der Waals surface area contributed by atoms with Crippen molar-refractivity contribution in [3.05, 3.63) is 12.2 Å². The van der Waals surface area contributed by atoms with E-state index in [9.17, 15) is 50.4 Å². The lowest BCUT2D eigenvalue weighted by Crippen LogP contribution is -2.73. The van der Waals surface area contributed by atoms with Gasteiger partial charge in [-0.25, -0.2) is 4.79 Å². The molecule has 20 nitrogen and oxygen atoms in total. The number of aliphatic hydroxyl groups is 8. The first-order valence-corrected chi connectivity index (χ1v) is 14.8. The van der Waals surface area contributed by atoms with Gasteiger partial charge >= 0.3 is 11.9 Å². The summed E-state index contributed by atoms with van der Waals surface area (Å²) in [6, 6.07) is -4.38. The third kappa shape index (κ3) is 8.10. The highest BCUT2D eigenvalue weighted by Gasteiger charge is 2.59. The summed E-state index contributed by atoms with van der Waals surface area (Å²) in [5, 5.41) is 83.5. The summed E-state index contributed by atoms with van der Waals surface area (Å²) in [5.74, 6) is -3.54. The van der Waals surface area contributed by atoms with Gasteiger partial charge in [0.25, 0.3) is 0 Å². The molecule has 0 aliphatic carbocycles. The molecule has 0 amide bonds. The van der Waals surface area contributed by atoms with Crippen molar-refractivity contribution in [3.63, 3.8) is 0 Å². The van der Waals surface area contributed by atoms with Crippen molar-refractivity contribution in [1.82, 2.24) is 0 Å². The van der Waals surface area contributed by atoms with Gasteiger partial charge in [-0.05, 0) is 13.8 Å². The minimum Gasteiger partial charge on any atom is -0.425 e. The highest BCUT2D eigenvalue weighted by Crippen LogP contribution is 2.38. The van der Waals surface area contributed by atoms with E-state index in [1.165, 1.54) is 20.8 Å². The van der Waals surface area contributed by atoms with Crippen LogP contribution in [0.25, 0.3) is 0 Å². The predicted octanol–water partition coefficient (Wildman–Crippen LogP) is -6.66. The summed E-state index contributed by atoms with van der Waals surface area (Å²) in [7, 11) is 0. The Hall–Kier alpha value is -1.96. The molecule has 3 saturated heterocycles. The zero-order valence-electron chi connectivity index (χ0n) is 26.1. The Morgan fingerprint density at radius 1 is 0.809 bits per heavy atom. The van der Waals surface area contributed by atoms with Crippen molar-refractivity contribution in [1.29, 1.82) is 0 Å². The Kier molecular flexibility index (Phi) is 13.6. The molecule has 0 radical (unpaired) electrons. The molecule has 0 bridgehead atoms. The van der Waals surface area contributed by atoms with Crippen LogP contribution in [-0.4, -0.2) is 170 Å². The van der Waals surface area contributed by atoms with E-state index in [0.717, 1.165) is 0 Å². The van der Waals surface area contributed by atoms with Gasteiger partial charge in [-0.15, -0.1) is 0 Å². The lowest BCUT2D eigenvalue weighted by molar-refractivity contribution is -0.365. The van der Waals surface area contributed by atoms with Crippen LogP contribution in [0.4, 0.5) is 0 Å². The fraction of sp³-hybridized carbons (Fsp3) is 0.852. The van der Waals surface area contributed by atoms with E-state index in [0.29, 0.717) is 0 Å². The van der Waals surface area contributed by atoms with Crippen molar-refractivity contribution >= 4 is 11.9 Å². The second kappa shape index (κ2) is 16.2. The molecule has 20 heteroatoms. The van der Waals surface area contributed by atoms with Crippen molar-refractivity contribution in [3.8, 4) is 0 Å². The van der Waals surface area contributed by atoms with Gasteiger partial charge in [0.15, 0.2) is 18.9 Å². The Morgan fingerprint density at radius 3 is 1.85 bits per heavy atom. The molecule has 3 aliphatic rings. The number of carbonyl (C=O) groups excluding carboxylic acids is 2. The molecule has 3 fully saturated rings. The second-order valence-corrected chi connectivity index (χ2v) is 11.8. The Bertz CT molecular complexity index is 1090. The molecular weight excluding hydrogens is 638 g/mol. The van der Waals surface area contributed by atoms with Gasteiger partial charge in [0.1, 0.15) is 54.4 Å². The molecule has 0 aromatic carbocycles. The average molecular weight is 686 g/mol. The van der Waals surface area contributed by atoms with Gasteiger partial charge < -0.3 is 91.2 Å². The Balaban J connectivity index is 1.79. The van der Waals surface area contributed by atoms with E-state index in [1.54, 1.807) is 0 Å². The summed E-state index contributed by atoms with van der Waals surface area (Å²) in [6.07, 6.45) is -19.3. The molecule has 14 N–H and O–H groups in total. The zero-order valence-corrected chi connectivity index (χ0v) is 26.1. The van der Waals surface area contributed by atoms with Crippen LogP contribution in [0.3, 0.4) is 0 Å². The van der Waals surface area contributed by atoms with Crippen LogP contribution in [0, 0.1) is 5.92 Å². The highest BCUT2D eigenvalue weighted by molar-refractivity contribution is 5.87. The average Bonchev–Trinajstić information content (AvgIpc) is 3.03. The van der Waals surface area contributed by atoms with Gasteiger partial charge in [0.05, 0.1) is 43.9 Å². The van der Waals surface area contributed by atoms with Crippen LogP contribution < -0.4 is 17.2 Å². The van der Waals surface area contributed by atoms with E-state index >= 15 is 0 Å². The highest BCUT2D eigenvalue weighted by atomic mass is 16.7. The van der Waals surface area contributed by atoms with Crippen LogP contribution in [0.1, 0.15) is 20.8 Å². The topological polar surface area (TPSA) is 339 Å². The molecule has 3 heterocycles. The summed E-state index contributed by atoms with van der Waals surface area (Å²) >= 11 is 0. The predicted molar refractivity (Wildman–Crippen MR) is 152 cm³/mol. The maximum Gasteiger partial charge on any atom is 0.336 e. The molecule has 0 aromatic rings. The zero-order chi connectivity index (χ0) is 35.5. The van der Waals surface area contributed by atoms with Crippen LogP contribution in [0.15, 0.2) is 12.2 Å². The lowest BCUT2D eigenvalue weighted by atomic mass is 9.77. The van der Waals surface area contributed by atoms with E-state index in [4.69, 9.17) is 50.4 Å². The van der Waals surface area contributed by atoms with Gasteiger partial charge in [0.2, 0.25) is 6.29 Å². The molecule has 0 spiro atoms. The Morgan fingerprint density at radius 2 is 1.32 bits per heavy atom. The van der Waals surface area contributed by atoms with Crippen LogP contribution in [0.2, 0.25) is 0 Å². The smallest absolute Gasteiger partial charge is 0.336 e. The van der Waals surface area contributed by atoms with Crippen LogP contribution >= 0.6 is 0 Å².